The van der Waals surface area contributed by atoms with Crippen molar-refractivity contribution >= 4 is 41.6 Å². The first-order valence-corrected chi connectivity index (χ1v) is 9.35. The third-order valence-corrected chi connectivity index (χ3v) is 5.28. The van der Waals surface area contributed by atoms with Crippen molar-refractivity contribution in [1.29, 1.82) is 0 Å². The maximum Gasteiger partial charge on any atom is 1.00 e. The van der Waals surface area contributed by atoms with Gasteiger partial charge in [-0.15, -0.1) is 11.3 Å². The van der Waals surface area contributed by atoms with E-state index in [1.54, 1.807) is 24.3 Å². The zero-order valence-corrected chi connectivity index (χ0v) is 16.7. The smallest absolute Gasteiger partial charge is 0.748 e. The second-order valence-corrected chi connectivity index (χ2v) is 7.66. The second-order valence-electron chi connectivity index (χ2n) is 5.05. The monoisotopic (exact) mass is 372 g/mol. The summed E-state index contributed by atoms with van der Waals surface area (Å²) < 4.78 is 38.8. The molecule has 0 aliphatic carbocycles. The number of benzene rings is 2. The quantitative estimate of drug-likeness (QED) is 0.267. The van der Waals surface area contributed by atoms with E-state index in [0.717, 1.165) is 9.40 Å². The molecule has 120 valence electrons. The summed E-state index contributed by atoms with van der Waals surface area (Å²) >= 11 is 1.50. The molecule has 0 amide bonds. The Morgan fingerprint density at radius 3 is 2.50 bits per heavy atom. The van der Waals surface area contributed by atoms with Crippen molar-refractivity contribution in [3.8, 4) is 5.75 Å². The molecule has 0 radical (unpaired) electrons. The summed E-state index contributed by atoms with van der Waals surface area (Å²) in [7, 11) is -4.21. The minimum atomic E-state index is -4.21. The number of hydrogen-bond acceptors (Lipinski definition) is 6. The van der Waals surface area contributed by atoms with Crippen LogP contribution in [0.4, 0.5) is 0 Å². The van der Waals surface area contributed by atoms with Crippen LogP contribution in [0.3, 0.4) is 0 Å². The largest absolute Gasteiger partial charge is 1.00 e. The maximum absolute atomic E-state index is 12.4. The van der Waals surface area contributed by atoms with Crippen LogP contribution in [0, 0.1) is 0 Å². The first-order chi connectivity index (χ1) is 10.9. The molecular formula is C16H13NaO5S2. The van der Waals surface area contributed by atoms with E-state index in [9.17, 15) is 17.8 Å². The average Bonchev–Trinajstić information content (AvgIpc) is 2.51. The predicted octanol–water partition coefficient (Wildman–Crippen LogP) is -0.267. The van der Waals surface area contributed by atoms with Gasteiger partial charge in [-0.05, 0) is 36.8 Å². The number of hydrogen-bond donors (Lipinski definition) is 0. The summed E-state index contributed by atoms with van der Waals surface area (Å²) in [6.07, 6.45) is 0.137. The molecule has 2 aromatic carbocycles. The average molecular weight is 372 g/mol. The summed E-state index contributed by atoms with van der Waals surface area (Å²) in [4.78, 5) is 12.4. The maximum atomic E-state index is 12.4. The van der Waals surface area contributed by atoms with Gasteiger partial charge in [-0.25, -0.2) is 8.42 Å². The third kappa shape index (κ3) is 4.56. The summed E-state index contributed by atoms with van der Waals surface area (Å²) in [5, 5.41) is 1.32. The van der Waals surface area contributed by atoms with E-state index in [0.29, 0.717) is 16.5 Å². The molecule has 24 heavy (non-hydrogen) atoms. The Balaban J connectivity index is 0.00000208. The summed E-state index contributed by atoms with van der Waals surface area (Å²) in [6, 6.07) is 12.6. The molecule has 5 nitrogen and oxygen atoms in total. The molecule has 0 saturated carbocycles. The Bertz CT molecular complexity index is 1030. The van der Waals surface area contributed by atoms with E-state index in [-0.39, 0.29) is 48.0 Å². The van der Waals surface area contributed by atoms with Crippen LogP contribution < -0.4 is 39.7 Å². The van der Waals surface area contributed by atoms with E-state index >= 15 is 0 Å². The fraction of sp³-hybridized carbons (Fsp3) is 0.188. The Kier molecular flexibility index (Phi) is 6.41. The molecule has 0 unspecified atom stereocenters. The van der Waals surface area contributed by atoms with Gasteiger partial charge in [-0.2, -0.15) is 0 Å². The molecule has 0 atom stereocenters. The molecule has 1 aromatic heterocycles. The van der Waals surface area contributed by atoms with Crippen LogP contribution in [-0.2, 0) is 10.1 Å². The third-order valence-electron chi connectivity index (χ3n) is 3.36. The minimum absolute atomic E-state index is 0. The van der Waals surface area contributed by atoms with Crippen LogP contribution >= 0.6 is 11.3 Å². The van der Waals surface area contributed by atoms with Crippen molar-refractivity contribution in [3.63, 3.8) is 0 Å². The fourth-order valence-corrected chi connectivity index (χ4v) is 3.87. The van der Waals surface area contributed by atoms with E-state index in [1.807, 2.05) is 18.2 Å². The zero-order valence-electron chi connectivity index (χ0n) is 13.0. The fourth-order valence-electron chi connectivity index (χ4n) is 2.30. The normalized spacial score (nSPS) is 11.4. The molecule has 0 N–H and O–H groups in total. The van der Waals surface area contributed by atoms with Gasteiger partial charge in [0.15, 0.2) is 5.43 Å². The van der Waals surface area contributed by atoms with Gasteiger partial charge < -0.3 is 9.29 Å². The number of fused-ring (bicyclic) bond motifs is 2. The molecule has 8 heteroatoms. The summed E-state index contributed by atoms with van der Waals surface area (Å²) in [5.41, 5.74) is -0.0154. The molecule has 0 aliphatic rings. The molecule has 0 aliphatic heterocycles. The molecule has 3 rings (SSSR count). The standard InChI is InChI=1S/C16H14O5S2.Na/c17-16-12-4-1-2-5-14(12)22-15-10-11(6-7-13(15)16)21-8-3-9-23(18,19)20;/h1-2,4-7,10H,3,8-9H2,(H,18,19,20);/q;+1/p-1. The zero-order chi connectivity index (χ0) is 16.4. The van der Waals surface area contributed by atoms with Crippen molar-refractivity contribution in [2.24, 2.45) is 0 Å². The number of rotatable bonds is 5. The SMILES string of the molecule is O=c1c2ccccc2sc2cc(OCCCS(=O)(=O)[O-])ccc12.[Na+]. The topological polar surface area (TPSA) is 83.5 Å². The van der Waals surface area contributed by atoms with E-state index in [1.165, 1.54) is 11.3 Å². The summed E-state index contributed by atoms with van der Waals surface area (Å²) in [6.45, 7) is 0.134. The van der Waals surface area contributed by atoms with E-state index in [4.69, 9.17) is 4.74 Å². The first-order valence-electron chi connectivity index (χ1n) is 6.96. The first kappa shape index (κ1) is 19.4. The van der Waals surface area contributed by atoms with Gasteiger partial charge in [0.25, 0.3) is 0 Å². The molecule has 0 fully saturated rings. The van der Waals surface area contributed by atoms with Crippen LogP contribution in [-0.4, -0.2) is 25.3 Å². The van der Waals surface area contributed by atoms with Crippen LogP contribution in [0.15, 0.2) is 47.3 Å². The van der Waals surface area contributed by atoms with Gasteiger partial charge >= 0.3 is 29.6 Å². The Hall–Kier alpha value is -0.960. The summed E-state index contributed by atoms with van der Waals surface area (Å²) in [5.74, 6) is 0.102. The van der Waals surface area contributed by atoms with Gasteiger partial charge in [0.1, 0.15) is 5.75 Å². The van der Waals surface area contributed by atoms with Gasteiger partial charge in [-0.3, -0.25) is 4.79 Å². The van der Waals surface area contributed by atoms with Crippen molar-refractivity contribution in [2.75, 3.05) is 12.4 Å². The molecule has 0 bridgehead atoms. The molecule has 0 spiro atoms. The van der Waals surface area contributed by atoms with Crippen LogP contribution in [0.2, 0.25) is 0 Å². The Morgan fingerprint density at radius 1 is 1.04 bits per heavy atom. The van der Waals surface area contributed by atoms with Gasteiger partial charge in [0.2, 0.25) is 0 Å². The molecular weight excluding hydrogens is 359 g/mol. The number of ether oxygens (including phenoxy) is 1. The second kappa shape index (κ2) is 7.95. The Labute approximate surface area is 165 Å². The van der Waals surface area contributed by atoms with Gasteiger partial charge in [-0.1, -0.05) is 12.1 Å². The van der Waals surface area contributed by atoms with Crippen molar-refractivity contribution in [2.45, 2.75) is 6.42 Å². The van der Waals surface area contributed by atoms with Crippen LogP contribution in [0.25, 0.3) is 20.2 Å². The van der Waals surface area contributed by atoms with Crippen molar-refractivity contribution < 1.29 is 47.3 Å². The van der Waals surface area contributed by atoms with Gasteiger partial charge in [0, 0.05) is 25.9 Å². The minimum Gasteiger partial charge on any atom is -0.748 e. The Morgan fingerprint density at radius 2 is 1.75 bits per heavy atom. The van der Waals surface area contributed by atoms with E-state index in [2.05, 4.69) is 0 Å². The molecule has 0 saturated heterocycles. The van der Waals surface area contributed by atoms with E-state index < -0.39 is 15.9 Å². The van der Waals surface area contributed by atoms with Crippen molar-refractivity contribution in [1.82, 2.24) is 0 Å². The van der Waals surface area contributed by atoms with Crippen molar-refractivity contribution in [3.05, 3.63) is 52.7 Å². The molecule has 1 heterocycles. The van der Waals surface area contributed by atoms with Crippen LogP contribution in [0.5, 0.6) is 5.75 Å². The molecule has 3 aromatic rings. The van der Waals surface area contributed by atoms with Gasteiger partial charge in [0.05, 0.1) is 16.7 Å². The van der Waals surface area contributed by atoms with Crippen LogP contribution in [0.1, 0.15) is 6.42 Å². The predicted molar refractivity (Wildman–Crippen MR) is 90.3 cm³/mol.